The molecule has 1 spiro atoms. The van der Waals surface area contributed by atoms with Gasteiger partial charge in [0.1, 0.15) is 23.2 Å². The van der Waals surface area contributed by atoms with Gasteiger partial charge in [0.25, 0.3) is 0 Å². The van der Waals surface area contributed by atoms with Gasteiger partial charge in [0.2, 0.25) is 5.91 Å². The van der Waals surface area contributed by atoms with Gasteiger partial charge >= 0.3 is 0 Å². The Morgan fingerprint density at radius 2 is 2.00 bits per heavy atom. The zero-order valence-corrected chi connectivity index (χ0v) is 15.9. The van der Waals surface area contributed by atoms with E-state index >= 15 is 0 Å². The maximum atomic E-state index is 13.4. The van der Waals surface area contributed by atoms with Gasteiger partial charge in [0.05, 0.1) is 11.5 Å². The molecule has 5 rings (SSSR count). The van der Waals surface area contributed by atoms with Gasteiger partial charge in [-0.2, -0.15) is 5.26 Å². The van der Waals surface area contributed by atoms with Crippen molar-refractivity contribution in [1.29, 1.82) is 5.26 Å². The minimum atomic E-state index is -0.924. The zero-order chi connectivity index (χ0) is 19.2. The van der Waals surface area contributed by atoms with Gasteiger partial charge in [-0.3, -0.25) is 4.79 Å². The highest BCUT2D eigenvalue weighted by atomic mass is 16.5. The Morgan fingerprint density at radius 1 is 1.18 bits per heavy atom. The van der Waals surface area contributed by atoms with E-state index < -0.39 is 5.41 Å². The highest BCUT2D eigenvalue weighted by Gasteiger charge is 2.51. The zero-order valence-electron chi connectivity index (χ0n) is 15.9. The van der Waals surface area contributed by atoms with E-state index in [0.29, 0.717) is 39.1 Å². The predicted octanol–water partition coefficient (Wildman–Crippen LogP) is 1.71. The first kappa shape index (κ1) is 17.4. The summed E-state index contributed by atoms with van der Waals surface area (Å²) in [5.41, 5.74) is 0.0195. The van der Waals surface area contributed by atoms with Gasteiger partial charge in [0.15, 0.2) is 0 Å². The number of nitrogens with one attached hydrogen (secondary N) is 1. The lowest BCUT2D eigenvalue weighted by molar-refractivity contribution is -0.143. The van der Waals surface area contributed by atoms with Crippen molar-refractivity contribution in [3.63, 3.8) is 0 Å². The maximum absolute atomic E-state index is 13.4. The van der Waals surface area contributed by atoms with Crippen LogP contribution in [0.2, 0.25) is 0 Å². The molecule has 2 aromatic heterocycles. The molecule has 3 aliphatic rings. The molecule has 0 aromatic carbocycles. The fourth-order valence-corrected chi connectivity index (χ4v) is 4.61. The monoisotopic (exact) mass is 380 g/mol. The lowest BCUT2D eigenvalue weighted by Crippen LogP contribution is -2.48. The van der Waals surface area contributed by atoms with Crippen molar-refractivity contribution in [2.75, 3.05) is 44.3 Å². The standard InChI is InChI=1S/C20H24N6O2/c21-11-20(4-9-28-10-5-20)18(27)26-8-7-25(12-19(13-26)2-3-19)17-15-1-6-22-16(15)23-14-24-17/h1,6,14H,2-5,7-10,12-13H2,(H,22,23,24). The second-order valence-corrected chi connectivity index (χ2v) is 8.39. The Morgan fingerprint density at radius 3 is 2.75 bits per heavy atom. The van der Waals surface area contributed by atoms with Gasteiger partial charge in [-0.05, 0) is 31.7 Å². The molecule has 28 heavy (non-hydrogen) atoms. The number of fused-ring (bicyclic) bond motifs is 1. The van der Waals surface area contributed by atoms with Crippen LogP contribution in [-0.2, 0) is 9.53 Å². The maximum Gasteiger partial charge on any atom is 0.243 e. The first-order valence-electron chi connectivity index (χ1n) is 9.96. The average molecular weight is 380 g/mol. The van der Waals surface area contributed by atoms with Crippen LogP contribution in [0.3, 0.4) is 0 Å². The Labute approximate surface area is 163 Å². The summed E-state index contributed by atoms with van der Waals surface area (Å²) < 4.78 is 5.40. The SMILES string of the molecule is N#CC1(C(=O)N2CCN(c3ncnc4[nH]ccc34)CC3(CC3)C2)CCOCC1. The van der Waals surface area contributed by atoms with E-state index in [2.05, 4.69) is 25.9 Å². The number of hydrogen-bond acceptors (Lipinski definition) is 6. The molecule has 4 heterocycles. The summed E-state index contributed by atoms with van der Waals surface area (Å²) in [6, 6.07) is 4.34. The molecule has 146 valence electrons. The van der Waals surface area contributed by atoms with Crippen molar-refractivity contribution in [3.05, 3.63) is 18.6 Å². The van der Waals surface area contributed by atoms with Crippen LogP contribution in [0, 0.1) is 22.2 Å². The molecule has 8 heteroatoms. The van der Waals surface area contributed by atoms with Crippen molar-refractivity contribution in [2.45, 2.75) is 25.7 Å². The number of hydrogen-bond donors (Lipinski definition) is 1. The number of ether oxygens (including phenoxy) is 1. The van der Waals surface area contributed by atoms with E-state index in [-0.39, 0.29) is 11.3 Å². The molecule has 1 aliphatic carbocycles. The fourth-order valence-electron chi connectivity index (χ4n) is 4.61. The molecule has 0 radical (unpaired) electrons. The molecular formula is C20H24N6O2. The van der Waals surface area contributed by atoms with Crippen molar-refractivity contribution in [1.82, 2.24) is 19.9 Å². The second-order valence-electron chi connectivity index (χ2n) is 8.39. The number of rotatable bonds is 2. The largest absolute Gasteiger partial charge is 0.381 e. The normalized spacial score (nSPS) is 23.4. The van der Waals surface area contributed by atoms with Crippen LogP contribution in [0.25, 0.3) is 11.0 Å². The van der Waals surface area contributed by atoms with Crippen LogP contribution in [0.1, 0.15) is 25.7 Å². The number of carbonyl (C=O) groups excluding carboxylic acids is 1. The predicted molar refractivity (Wildman–Crippen MR) is 102 cm³/mol. The Hall–Kier alpha value is -2.66. The minimum absolute atomic E-state index is 0.0131. The Kier molecular flexibility index (Phi) is 4.02. The fraction of sp³-hybridized carbons (Fsp3) is 0.600. The molecule has 2 aromatic rings. The van der Waals surface area contributed by atoms with Gasteiger partial charge in [-0.15, -0.1) is 0 Å². The molecule has 1 amide bonds. The van der Waals surface area contributed by atoms with Crippen LogP contribution in [0.15, 0.2) is 18.6 Å². The van der Waals surface area contributed by atoms with Crippen LogP contribution >= 0.6 is 0 Å². The van der Waals surface area contributed by atoms with Crippen LogP contribution in [0.4, 0.5) is 5.82 Å². The first-order chi connectivity index (χ1) is 13.6. The lowest BCUT2D eigenvalue weighted by atomic mass is 9.80. The van der Waals surface area contributed by atoms with Gasteiger partial charge in [-0.25, -0.2) is 9.97 Å². The van der Waals surface area contributed by atoms with Crippen molar-refractivity contribution < 1.29 is 9.53 Å². The topological polar surface area (TPSA) is 98.1 Å². The van der Waals surface area contributed by atoms with E-state index in [4.69, 9.17) is 4.74 Å². The summed E-state index contributed by atoms with van der Waals surface area (Å²) in [5, 5.41) is 10.8. The van der Waals surface area contributed by atoms with Crippen LogP contribution in [-0.4, -0.2) is 65.2 Å². The number of nitriles is 1. The number of anilines is 1. The molecule has 3 fully saturated rings. The molecular weight excluding hydrogens is 356 g/mol. The van der Waals surface area contributed by atoms with Crippen LogP contribution < -0.4 is 4.90 Å². The van der Waals surface area contributed by atoms with Crippen molar-refractivity contribution in [2.24, 2.45) is 10.8 Å². The third kappa shape index (κ3) is 2.81. The molecule has 0 atom stereocenters. The van der Waals surface area contributed by atoms with E-state index in [0.717, 1.165) is 42.8 Å². The Balaban J connectivity index is 1.42. The molecule has 1 N–H and O–H groups in total. The summed E-state index contributed by atoms with van der Waals surface area (Å²) in [6.45, 7) is 3.90. The number of carbonyl (C=O) groups is 1. The molecule has 2 aliphatic heterocycles. The van der Waals surface area contributed by atoms with Crippen molar-refractivity contribution in [3.8, 4) is 6.07 Å². The van der Waals surface area contributed by atoms with E-state index in [1.54, 1.807) is 6.33 Å². The highest BCUT2D eigenvalue weighted by Crippen LogP contribution is 2.49. The second kappa shape index (κ2) is 6.45. The summed E-state index contributed by atoms with van der Waals surface area (Å²) >= 11 is 0. The van der Waals surface area contributed by atoms with E-state index in [9.17, 15) is 10.1 Å². The number of H-pyrrole nitrogens is 1. The molecule has 2 saturated heterocycles. The van der Waals surface area contributed by atoms with Gasteiger partial charge < -0.3 is 19.5 Å². The summed E-state index contributed by atoms with van der Waals surface area (Å²) in [5.74, 6) is 0.911. The molecule has 0 bridgehead atoms. The number of aromatic amines is 1. The number of amides is 1. The van der Waals surface area contributed by atoms with Crippen LogP contribution in [0.5, 0.6) is 0 Å². The minimum Gasteiger partial charge on any atom is -0.381 e. The lowest BCUT2D eigenvalue weighted by Gasteiger charge is -2.35. The summed E-state index contributed by atoms with van der Waals surface area (Å²) in [6.07, 6.45) is 6.67. The quantitative estimate of drug-likeness (QED) is 0.852. The number of aromatic nitrogens is 3. The third-order valence-electron chi connectivity index (χ3n) is 6.54. The smallest absolute Gasteiger partial charge is 0.243 e. The van der Waals surface area contributed by atoms with E-state index in [1.165, 1.54) is 0 Å². The summed E-state index contributed by atoms with van der Waals surface area (Å²) in [7, 11) is 0. The van der Waals surface area contributed by atoms with E-state index in [1.807, 2.05) is 17.2 Å². The molecule has 1 saturated carbocycles. The number of nitrogens with zero attached hydrogens (tertiary/aromatic N) is 5. The summed E-state index contributed by atoms with van der Waals surface area (Å²) in [4.78, 5) is 29.6. The molecule has 0 unspecified atom stereocenters. The van der Waals surface area contributed by atoms with Crippen molar-refractivity contribution >= 4 is 22.8 Å². The average Bonchev–Trinajstić information content (AvgIpc) is 3.38. The first-order valence-corrected chi connectivity index (χ1v) is 9.96. The van der Waals surface area contributed by atoms with Gasteiger partial charge in [0, 0.05) is 51.0 Å². The van der Waals surface area contributed by atoms with Gasteiger partial charge in [-0.1, -0.05) is 0 Å². The third-order valence-corrected chi connectivity index (χ3v) is 6.54. The highest BCUT2D eigenvalue weighted by molar-refractivity contribution is 5.88. The molecule has 8 nitrogen and oxygen atoms in total. The Bertz CT molecular complexity index is 938.